The second kappa shape index (κ2) is 10.9. The highest BCUT2D eigenvalue weighted by Gasteiger charge is 2.32. The van der Waals surface area contributed by atoms with Crippen molar-refractivity contribution < 1.29 is 13.9 Å². The fourth-order valence-corrected chi connectivity index (χ4v) is 6.34. The number of benzene rings is 1. The van der Waals surface area contributed by atoms with Crippen LogP contribution in [0.3, 0.4) is 0 Å². The molecular weight excluding hydrogens is 538 g/mol. The number of hydrogen-bond donors (Lipinski definition) is 2. The molecule has 5 heterocycles. The Morgan fingerprint density at radius 1 is 1.07 bits per heavy atom. The number of aromatic nitrogens is 5. The summed E-state index contributed by atoms with van der Waals surface area (Å²) >= 11 is 0. The fraction of sp³-hybridized carbons (Fsp3) is 0.484. The number of hydrogen-bond acceptors (Lipinski definition) is 8. The fourth-order valence-electron chi connectivity index (χ4n) is 6.34. The van der Waals surface area contributed by atoms with E-state index in [-0.39, 0.29) is 23.2 Å². The van der Waals surface area contributed by atoms with Crippen LogP contribution in [-0.4, -0.2) is 77.7 Å². The molecule has 0 aliphatic carbocycles. The largest absolute Gasteiger partial charge is 0.389 e. The van der Waals surface area contributed by atoms with Gasteiger partial charge in [-0.2, -0.15) is 0 Å². The maximum absolute atomic E-state index is 15.0. The third-order valence-corrected chi connectivity index (χ3v) is 7.99. The first-order chi connectivity index (χ1) is 19.9. The van der Waals surface area contributed by atoms with Gasteiger partial charge in [0.05, 0.1) is 17.3 Å². The predicted molar refractivity (Wildman–Crippen MR) is 159 cm³/mol. The number of fused-ring (bicyclic) bond motifs is 2. The first-order valence-electron chi connectivity index (χ1n) is 14.6. The molecule has 1 fully saturated rings. The van der Waals surface area contributed by atoms with Gasteiger partial charge in [-0.1, -0.05) is 6.07 Å². The van der Waals surface area contributed by atoms with Gasteiger partial charge in [-0.15, -0.1) is 0 Å². The van der Waals surface area contributed by atoms with Crippen molar-refractivity contribution in [3.05, 3.63) is 59.2 Å². The average Bonchev–Trinajstić information content (AvgIpc) is 3.24. The number of pyridine rings is 1. The Kier molecular flexibility index (Phi) is 7.44. The summed E-state index contributed by atoms with van der Waals surface area (Å²) in [4.78, 5) is 22.5. The predicted octanol–water partition coefficient (Wildman–Crippen LogP) is 4.86. The van der Waals surface area contributed by atoms with Crippen molar-refractivity contribution in [1.82, 2.24) is 34.3 Å². The third-order valence-electron chi connectivity index (χ3n) is 7.99. The number of β-amino-alcohol motifs (C(OH)–C–C–N with tert-alkyl or cyclic N) is 1. The molecule has 2 N–H and O–H groups in total. The lowest BCUT2D eigenvalue weighted by Crippen LogP contribution is -2.55. The Labute approximate surface area is 244 Å². The molecule has 3 aromatic heterocycles. The summed E-state index contributed by atoms with van der Waals surface area (Å²) < 4.78 is 31.9. The molecule has 9 nitrogen and oxygen atoms in total. The first kappa shape index (κ1) is 28.6. The minimum absolute atomic E-state index is 0.00757. The molecule has 42 heavy (non-hydrogen) atoms. The standard InChI is InChI=1S/C31H38F2N8O/c1-18(2)41-19(3)35-29-23(32)10-22(11-26(29)41)28-24(33)12-34-30(38-28)37-27-7-6-21-16-39(9-8-25(21)36-27)13-20-14-40(15-20)17-31(4,5)42/h6-7,10-12,18,20,42H,8-9,13-17H2,1-5H3,(H,34,36,37,38). The van der Waals surface area contributed by atoms with E-state index in [1.165, 1.54) is 11.6 Å². The van der Waals surface area contributed by atoms with Gasteiger partial charge >= 0.3 is 0 Å². The SMILES string of the molecule is Cc1nc2c(F)cc(-c3nc(Nc4ccc5c(n4)CCN(CC4CN(CC(C)(C)O)C4)C5)ncc3F)cc2n1C(C)C. The molecular formula is C31H38F2N8O. The van der Waals surface area contributed by atoms with E-state index in [0.29, 0.717) is 35.2 Å². The van der Waals surface area contributed by atoms with E-state index in [1.807, 2.05) is 45.3 Å². The number of aryl methyl sites for hydroxylation is 1. The molecule has 1 saturated heterocycles. The Balaban J connectivity index is 1.15. The van der Waals surface area contributed by atoms with Crippen molar-refractivity contribution in [3.8, 4) is 11.3 Å². The van der Waals surface area contributed by atoms with E-state index < -0.39 is 17.2 Å². The molecule has 0 spiro atoms. The second-order valence-electron chi connectivity index (χ2n) is 12.6. The summed E-state index contributed by atoms with van der Waals surface area (Å²) in [5.74, 6) is 0.922. The first-order valence-corrected chi connectivity index (χ1v) is 14.6. The van der Waals surface area contributed by atoms with Crippen molar-refractivity contribution in [1.29, 1.82) is 0 Å². The number of rotatable bonds is 8. The summed E-state index contributed by atoms with van der Waals surface area (Å²) in [5.41, 5.74) is 2.75. The van der Waals surface area contributed by atoms with Gasteiger partial charge in [0.25, 0.3) is 0 Å². The number of halogens is 2. The van der Waals surface area contributed by atoms with Gasteiger partial charge in [0.2, 0.25) is 5.95 Å². The van der Waals surface area contributed by atoms with Crippen LogP contribution in [0.1, 0.15) is 50.8 Å². The summed E-state index contributed by atoms with van der Waals surface area (Å²) in [5, 5.41) is 13.1. The van der Waals surface area contributed by atoms with Crippen LogP contribution in [0.2, 0.25) is 0 Å². The Bertz CT molecular complexity index is 1620. The Hall–Kier alpha value is -3.54. The van der Waals surface area contributed by atoms with E-state index in [4.69, 9.17) is 4.98 Å². The van der Waals surface area contributed by atoms with Crippen LogP contribution in [-0.2, 0) is 13.0 Å². The molecule has 6 rings (SSSR count). The van der Waals surface area contributed by atoms with Crippen LogP contribution >= 0.6 is 0 Å². The number of nitrogens with one attached hydrogen (secondary N) is 1. The smallest absolute Gasteiger partial charge is 0.229 e. The molecule has 0 bridgehead atoms. The maximum Gasteiger partial charge on any atom is 0.229 e. The van der Waals surface area contributed by atoms with Crippen molar-refractivity contribution in [2.75, 3.05) is 38.0 Å². The van der Waals surface area contributed by atoms with Crippen molar-refractivity contribution in [2.24, 2.45) is 5.92 Å². The molecule has 2 aliphatic rings. The number of imidazole rings is 1. The third kappa shape index (κ3) is 5.86. The zero-order chi connectivity index (χ0) is 29.8. The van der Waals surface area contributed by atoms with Crippen molar-refractivity contribution >= 4 is 22.8 Å². The zero-order valence-electron chi connectivity index (χ0n) is 24.8. The van der Waals surface area contributed by atoms with Gasteiger partial charge in [-0.3, -0.25) is 9.80 Å². The lowest BCUT2D eigenvalue weighted by molar-refractivity contribution is -0.0165. The molecule has 0 unspecified atom stereocenters. The number of nitrogens with zero attached hydrogens (tertiary/aromatic N) is 7. The number of anilines is 2. The molecule has 0 saturated carbocycles. The average molecular weight is 577 g/mol. The van der Waals surface area contributed by atoms with Crippen LogP contribution in [0.4, 0.5) is 20.5 Å². The summed E-state index contributed by atoms with van der Waals surface area (Å²) in [6.45, 7) is 15.1. The summed E-state index contributed by atoms with van der Waals surface area (Å²) in [6, 6.07) is 7.02. The van der Waals surface area contributed by atoms with Gasteiger partial charge in [0.1, 0.15) is 22.9 Å². The van der Waals surface area contributed by atoms with Gasteiger partial charge in [0, 0.05) is 63.0 Å². The van der Waals surface area contributed by atoms with Crippen LogP contribution in [0.5, 0.6) is 0 Å². The van der Waals surface area contributed by atoms with Crippen molar-refractivity contribution in [2.45, 2.75) is 59.2 Å². The Morgan fingerprint density at radius 3 is 2.60 bits per heavy atom. The van der Waals surface area contributed by atoms with Crippen molar-refractivity contribution in [3.63, 3.8) is 0 Å². The second-order valence-corrected chi connectivity index (χ2v) is 12.6. The lowest BCUT2D eigenvalue weighted by Gasteiger charge is -2.44. The highest BCUT2D eigenvalue weighted by atomic mass is 19.1. The van der Waals surface area contributed by atoms with E-state index in [2.05, 4.69) is 36.1 Å². The molecule has 4 aromatic rings. The summed E-state index contributed by atoms with van der Waals surface area (Å²) in [7, 11) is 0. The molecule has 2 aliphatic heterocycles. The topological polar surface area (TPSA) is 95.2 Å². The molecule has 11 heteroatoms. The van der Waals surface area contributed by atoms with E-state index in [0.717, 1.165) is 51.0 Å². The Morgan fingerprint density at radius 2 is 1.86 bits per heavy atom. The van der Waals surface area contributed by atoms with Gasteiger partial charge < -0.3 is 15.0 Å². The van der Waals surface area contributed by atoms with Crippen LogP contribution < -0.4 is 5.32 Å². The highest BCUT2D eigenvalue weighted by Crippen LogP contribution is 2.31. The quantitative estimate of drug-likeness (QED) is 0.307. The monoisotopic (exact) mass is 576 g/mol. The normalized spacial score (nSPS) is 16.7. The lowest BCUT2D eigenvalue weighted by atomic mass is 9.95. The van der Waals surface area contributed by atoms with Crippen LogP contribution in [0, 0.1) is 24.5 Å². The van der Waals surface area contributed by atoms with E-state index >= 15 is 4.39 Å². The van der Waals surface area contributed by atoms with Crippen LogP contribution in [0.25, 0.3) is 22.3 Å². The summed E-state index contributed by atoms with van der Waals surface area (Å²) in [6.07, 6.45) is 1.93. The van der Waals surface area contributed by atoms with Gasteiger partial charge in [-0.05, 0) is 64.3 Å². The minimum Gasteiger partial charge on any atom is -0.389 e. The van der Waals surface area contributed by atoms with E-state index in [1.54, 1.807) is 6.07 Å². The molecule has 0 radical (unpaired) electrons. The molecule has 222 valence electrons. The number of aliphatic hydroxyl groups is 1. The molecule has 0 atom stereocenters. The van der Waals surface area contributed by atoms with E-state index in [9.17, 15) is 9.50 Å². The van der Waals surface area contributed by atoms with Crippen LogP contribution in [0.15, 0.2) is 30.5 Å². The molecule has 1 aromatic carbocycles. The van der Waals surface area contributed by atoms with Gasteiger partial charge in [-0.25, -0.2) is 28.7 Å². The zero-order valence-corrected chi connectivity index (χ0v) is 24.8. The molecule has 0 amide bonds. The maximum atomic E-state index is 15.0. The highest BCUT2D eigenvalue weighted by molar-refractivity contribution is 5.83. The van der Waals surface area contributed by atoms with Gasteiger partial charge in [0.15, 0.2) is 11.6 Å². The number of likely N-dealkylation sites (tertiary alicyclic amines) is 1. The minimum atomic E-state index is -0.656.